The number of carbonyl (C=O) groups is 1. The molecule has 0 N–H and O–H groups in total. The van der Waals surface area contributed by atoms with E-state index in [9.17, 15) is 4.79 Å². The molecule has 124 valence electrons. The number of carbonyl (C=O) groups excluding carboxylic acids is 1. The molecule has 0 amide bonds. The topological polar surface area (TPSA) is 44.8 Å². The number of hydrogen-bond acceptors (Lipinski definition) is 4. The Labute approximate surface area is 132 Å². The molecule has 0 heterocycles. The van der Waals surface area contributed by atoms with Crippen molar-refractivity contribution in [2.24, 2.45) is 40.4 Å². The molecule has 4 nitrogen and oxygen atoms in total. The predicted octanol–water partition coefficient (Wildman–Crippen LogP) is 2.51. The zero-order chi connectivity index (χ0) is 15.7. The quantitative estimate of drug-likeness (QED) is 0.559. The van der Waals surface area contributed by atoms with Crippen LogP contribution in [0.3, 0.4) is 0 Å². The van der Waals surface area contributed by atoms with Gasteiger partial charge in [-0.3, -0.25) is 4.79 Å². The van der Waals surface area contributed by atoms with E-state index in [4.69, 9.17) is 14.2 Å². The van der Waals surface area contributed by atoms with Gasteiger partial charge in [-0.2, -0.15) is 0 Å². The molecule has 0 aliphatic heterocycles. The van der Waals surface area contributed by atoms with Crippen molar-refractivity contribution in [2.75, 3.05) is 27.1 Å². The van der Waals surface area contributed by atoms with Gasteiger partial charge in [0.1, 0.15) is 12.9 Å². The van der Waals surface area contributed by atoms with Crippen molar-refractivity contribution < 1.29 is 19.0 Å². The van der Waals surface area contributed by atoms with Crippen molar-refractivity contribution in [3.63, 3.8) is 0 Å². The van der Waals surface area contributed by atoms with Crippen molar-refractivity contribution in [1.29, 1.82) is 0 Å². The SMILES string of the molecule is COCCOCO[C@H]1C(=O)C2C3[C@H]2[C@@]1(C)[C@H]1CC(C)(C)C[C@@H]31. The lowest BCUT2D eigenvalue weighted by molar-refractivity contribution is -0.157. The van der Waals surface area contributed by atoms with Gasteiger partial charge < -0.3 is 14.2 Å². The van der Waals surface area contributed by atoms with Crippen molar-refractivity contribution in [2.45, 2.75) is 39.7 Å². The Morgan fingerprint density at radius 2 is 1.95 bits per heavy atom. The average molecular weight is 308 g/mol. The number of fused-ring (bicyclic) bond motifs is 4. The van der Waals surface area contributed by atoms with Crippen LogP contribution < -0.4 is 0 Å². The van der Waals surface area contributed by atoms with E-state index in [1.807, 2.05) is 0 Å². The van der Waals surface area contributed by atoms with Crippen LogP contribution in [0.4, 0.5) is 0 Å². The first-order valence-corrected chi connectivity index (χ1v) is 8.64. The fourth-order valence-electron chi connectivity index (χ4n) is 6.41. The van der Waals surface area contributed by atoms with Crippen molar-refractivity contribution in [1.82, 2.24) is 0 Å². The smallest absolute Gasteiger partial charge is 0.165 e. The summed E-state index contributed by atoms with van der Waals surface area (Å²) >= 11 is 0. The summed E-state index contributed by atoms with van der Waals surface area (Å²) in [5.41, 5.74) is 0.476. The molecule has 4 heteroatoms. The van der Waals surface area contributed by atoms with Gasteiger partial charge in [0, 0.05) is 18.4 Å². The van der Waals surface area contributed by atoms with Crippen LogP contribution in [-0.2, 0) is 19.0 Å². The van der Waals surface area contributed by atoms with Crippen LogP contribution in [0.2, 0.25) is 0 Å². The molecule has 0 aromatic rings. The lowest BCUT2D eigenvalue weighted by Gasteiger charge is -2.36. The molecule has 0 spiro atoms. The Hall–Kier alpha value is -0.450. The predicted molar refractivity (Wildman–Crippen MR) is 81.1 cm³/mol. The highest BCUT2D eigenvalue weighted by Crippen LogP contribution is 2.81. The molecule has 4 fully saturated rings. The van der Waals surface area contributed by atoms with Crippen LogP contribution in [0.15, 0.2) is 0 Å². The second-order valence-electron chi connectivity index (χ2n) is 8.81. The monoisotopic (exact) mass is 308 g/mol. The summed E-state index contributed by atoms with van der Waals surface area (Å²) in [5.74, 6) is 3.32. The van der Waals surface area contributed by atoms with Crippen LogP contribution >= 0.6 is 0 Å². The molecule has 4 rings (SSSR count). The molecule has 2 unspecified atom stereocenters. The third-order valence-electron chi connectivity index (χ3n) is 7.07. The second kappa shape index (κ2) is 4.78. The molecule has 0 aromatic heterocycles. The highest BCUT2D eigenvalue weighted by atomic mass is 16.7. The van der Waals surface area contributed by atoms with E-state index in [0.717, 1.165) is 5.92 Å². The number of rotatable bonds is 6. The molecular formula is C18H28O4. The lowest BCUT2D eigenvalue weighted by Crippen LogP contribution is -2.41. The summed E-state index contributed by atoms with van der Waals surface area (Å²) in [6.45, 7) is 8.37. The zero-order valence-electron chi connectivity index (χ0n) is 14.1. The molecule has 4 aliphatic carbocycles. The van der Waals surface area contributed by atoms with Gasteiger partial charge in [0.15, 0.2) is 5.78 Å². The maximum Gasteiger partial charge on any atom is 0.165 e. The minimum Gasteiger partial charge on any atom is -0.382 e. The number of Topliss-reactive ketones (excluding diaryl/α,β-unsaturated/α-hetero) is 1. The Kier molecular flexibility index (Phi) is 3.28. The first kappa shape index (κ1) is 15.1. The number of ether oxygens (including phenoxy) is 3. The van der Waals surface area contributed by atoms with Gasteiger partial charge in [0.2, 0.25) is 0 Å². The third kappa shape index (κ3) is 1.83. The van der Waals surface area contributed by atoms with Gasteiger partial charge in [-0.1, -0.05) is 20.8 Å². The minimum absolute atomic E-state index is 0.0511. The fourth-order valence-corrected chi connectivity index (χ4v) is 6.41. The average Bonchev–Trinajstić information content (AvgIpc) is 3.00. The van der Waals surface area contributed by atoms with Gasteiger partial charge in [-0.25, -0.2) is 0 Å². The highest BCUT2D eigenvalue weighted by Gasteiger charge is 2.83. The summed E-state index contributed by atoms with van der Waals surface area (Å²) < 4.78 is 16.3. The van der Waals surface area contributed by atoms with Gasteiger partial charge in [0.25, 0.3) is 0 Å². The summed E-state index contributed by atoms with van der Waals surface area (Å²) in [5, 5.41) is 0. The van der Waals surface area contributed by atoms with E-state index in [-0.39, 0.29) is 18.3 Å². The molecule has 0 bridgehead atoms. The van der Waals surface area contributed by atoms with E-state index in [1.54, 1.807) is 7.11 Å². The van der Waals surface area contributed by atoms with Crippen molar-refractivity contribution in [3.05, 3.63) is 0 Å². The number of ketones is 1. The molecular weight excluding hydrogens is 280 g/mol. The first-order chi connectivity index (χ1) is 10.4. The Bertz CT molecular complexity index is 487. The Balaban J connectivity index is 1.47. The summed E-state index contributed by atoms with van der Waals surface area (Å²) in [7, 11) is 1.65. The van der Waals surface area contributed by atoms with Crippen LogP contribution in [0.1, 0.15) is 33.6 Å². The maximum atomic E-state index is 12.7. The maximum absolute atomic E-state index is 12.7. The zero-order valence-corrected chi connectivity index (χ0v) is 14.1. The van der Waals surface area contributed by atoms with Crippen molar-refractivity contribution in [3.8, 4) is 0 Å². The Morgan fingerprint density at radius 3 is 2.68 bits per heavy atom. The molecule has 0 radical (unpaired) electrons. The summed E-state index contributed by atoms with van der Waals surface area (Å²) in [6, 6.07) is 0. The van der Waals surface area contributed by atoms with Crippen LogP contribution in [0.25, 0.3) is 0 Å². The van der Waals surface area contributed by atoms with E-state index in [2.05, 4.69) is 20.8 Å². The molecule has 22 heavy (non-hydrogen) atoms. The van der Waals surface area contributed by atoms with E-state index in [1.165, 1.54) is 12.8 Å². The number of methoxy groups -OCH3 is 1. The standard InChI is InChI=1S/C18H28O4/c1-17(2)7-10-11(8-17)18(3)14-12(10)13(14)15(19)16(18)22-9-21-6-5-20-4/h10-14,16H,5-9H2,1-4H3/t10-,11+,12?,13?,14-,16+,18-/m1/s1. The van der Waals surface area contributed by atoms with Gasteiger partial charge in [-0.15, -0.1) is 0 Å². The summed E-state index contributed by atoms with van der Waals surface area (Å²) in [4.78, 5) is 12.7. The normalized spacial score (nSPS) is 50.3. The van der Waals surface area contributed by atoms with Crippen LogP contribution in [0.5, 0.6) is 0 Å². The summed E-state index contributed by atoms with van der Waals surface area (Å²) in [6.07, 6.45) is 2.28. The van der Waals surface area contributed by atoms with E-state index < -0.39 is 0 Å². The van der Waals surface area contributed by atoms with Crippen LogP contribution in [0, 0.1) is 40.4 Å². The van der Waals surface area contributed by atoms with Gasteiger partial charge >= 0.3 is 0 Å². The number of hydrogen-bond donors (Lipinski definition) is 0. The lowest BCUT2D eigenvalue weighted by atomic mass is 9.71. The molecule has 0 saturated heterocycles. The van der Waals surface area contributed by atoms with Crippen molar-refractivity contribution >= 4 is 5.78 Å². The van der Waals surface area contributed by atoms with E-state index in [0.29, 0.717) is 48.1 Å². The molecule has 0 aromatic carbocycles. The third-order valence-corrected chi connectivity index (χ3v) is 7.07. The highest BCUT2D eigenvalue weighted by molar-refractivity contribution is 5.94. The van der Waals surface area contributed by atoms with E-state index >= 15 is 0 Å². The van der Waals surface area contributed by atoms with Gasteiger partial charge in [0.05, 0.1) is 13.2 Å². The fraction of sp³-hybridized carbons (Fsp3) is 0.944. The minimum atomic E-state index is -0.245. The Morgan fingerprint density at radius 1 is 1.18 bits per heavy atom. The first-order valence-electron chi connectivity index (χ1n) is 8.64. The molecule has 7 atom stereocenters. The largest absolute Gasteiger partial charge is 0.382 e. The second-order valence-corrected chi connectivity index (χ2v) is 8.81. The van der Waals surface area contributed by atoms with Gasteiger partial charge in [-0.05, 0) is 41.9 Å². The molecule has 4 saturated carbocycles. The molecule has 4 aliphatic rings. The van der Waals surface area contributed by atoms with Crippen LogP contribution in [-0.4, -0.2) is 39.0 Å².